The molecule has 0 heterocycles. The molecule has 0 aliphatic heterocycles. The van der Waals surface area contributed by atoms with Crippen LogP contribution < -0.4 is 0 Å². The average molecular weight is 1330 g/mol. The third-order valence-electron chi connectivity index (χ3n) is 16.8. The summed E-state index contributed by atoms with van der Waals surface area (Å²) >= 11 is 0. The molecule has 90 heavy (non-hydrogen) atoms. The fourth-order valence-electron chi connectivity index (χ4n) is 10.7. The molecule has 0 aliphatic rings. The van der Waals surface area contributed by atoms with Gasteiger partial charge in [-0.15, -0.1) is 0 Å². The van der Waals surface area contributed by atoms with Crippen molar-refractivity contribution in [3.05, 3.63) is 0 Å². The molecule has 0 saturated heterocycles. The van der Waals surface area contributed by atoms with Gasteiger partial charge in [-0.2, -0.15) is 0 Å². The van der Waals surface area contributed by atoms with Crippen LogP contribution in [0.1, 0.15) is 363 Å². The lowest BCUT2D eigenvalue weighted by Gasteiger charge is -2.21. The van der Waals surface area contributed by atoms with Crippen LogP contribution in [0.4, 0.5) is 0 Å². The lowest BCUT2D eigenvalue weighted by molar-refractivity contribution is -0.161. The molecule has 19 heteroatoms. The minimum absolute atomic E-state index is 0.105. The van der Waals surface area contributed by atoms with Crippen molar-refractivity contribution in [2.75, 3.05) is 39.6 Å². The summed E-state index contributed by atoms with van der Waals surface area (Å²) in [4.78, 5) is 72.6. The van der Waals surface area contributed by atoms with Crippen LogP contribution in [0.5, 0.6) is 0 Å². The van der Waals surface area contributed by atoms with Crippen LogP contribution in [0.15, 0.2) is 0 Å². The number of unbranched alkanes of at least 4 members (excludes halogenated alkanes) is 39. The van der Waals surface area contributed by atoms with Crippen molar-refractivity contribution in [1.82, 2.24) is 0 Å². The van der Waals surface area contributed by atoms with E-state index < -0.39 is 97.5 Å². The average Bonchev–Trinajstić information content (AvgIpc) is 3.26. The van der Waals surface area contributed by atoms with E-state index in [0.717, 1.165) is 102 Å². The predicted molar refractivity (Wildman–Crippen MR) is 363 cm³/mol. The molecule has 0 aromatic rings. The van der Waals surface area contributed by atoms with E-state index in [-0.39, 0.29) is 25.7 Å². The van der Waals surface area contributed by atoms with E-state index in [4.69, 9.17) is 37.0 Å². The Morgan fingerprint density at radius 2 is 0.567 bits per heavy atom. The second kappa shape index (κ2) is 63.1. The van der Waals surface area contributed by atoms with E-state index in [1.165, 1.54) is 180 Å². The summed E-state index contributed by atoms with van der Waals surface area (Å²) in [5.41, 5.74) is 0. The highest BCUT2D eigenvalue weighted by Gasteiger charge is 2.30. The summed E-state index contributed by atoms with van der Waals surface area (Å²) in [6.45, 7) is 9.56. The summed E-state index contributed by atoms with van der Waals surface area (Å²) in [5.74, 6) is -0.576. The molecular weight excluding hydrogens is 1190 g/mol. The number of ether oxygens (including phenoxy) is 4. The fourth-order valence-corrected chi connectivity index (χ4v) is 12.3. The Bertz CT molecular complexity index is 1750. The SMILES string of the molecule is CCCCCCCCCCCCCCCC(=O)OC[C@H](COP(=O)(O)OC[C@@H](O)COP(=O)(O)OC[C@@H](COC(=O)CCCCCCCCCCCC)OC(=O)CCCCCCCCCCC(C)CC)OC(=O)CCCCCCCCCCCCCCC(C)C. The highest BCUT2D eigenvalue weighted by molar-refractivity contribution is 7.47. The van der Waals surface area contributed by atoms with Crippen molar-refractivity contribution >= 4 is 39.5 Å². The number of carbonyl (C=O) groups is 4. The molecule has 0 aromatic heterocycles. The summed E-state index contributed by atoms with van der Waals surface area (Å²) in [6, 6.07) is 0. The number of hydrogen-bond acceptors (Lipinski definition) is 15. The van der Waals surface area contributed by atoms with Gasteiger partial charge in [-0.05, 0) is 37.5 Å². The zero-order valence-corrected chi connectivity index (χ0v) is 60.2. The summed E-state index contributed by atoms with van der Waals surface area (Å²) < 4.78 is 68.3. The third kappa shape index (κ3) is 63.5. The van der Waals surface area contributed by atoms with Crippen molar-refractivity contribution in [1.29, 1.82) is 0 Å². The van der Waals surface area contributed by atoms with Gasteiger partial charge in [-0.3, -0.25) is 37.3 Å². The molecule has 6 atom stereocenters. The third-order valence-corrected chi connectivity index (χ3v) is 18.7. The number of aliphatic hydroxyl groups is 1. The van der Waals surface area contributed by atoms with Crippen LogP contribution in [0.2, 0.25) is 0 Å². The number of phosphoric acid groups is 2. The summed E-state index contributed by atoms with van der Waals surface area (Å²) in [6.07, 6.45) is 48.4. The Labute approximate surface area is 549 Å². The fraction of sp³-hybridized carbons (Fsp3) is 0.944. The molecule has 0 spiro atoms. The van der Waals surface area contributed by atoms with Crippen LogP contribution in [0, 0.1) is 11.8 Å². The van der Waals surface area contributed by atoms with Gasteiger partial charge in [0.05, 0.1) is 26.4 Å². The molecule has 0 rings (SSSR count). The molecule has 3 unspecified atom stereocenters. The summed E-state index contributed by atoms with van der Waals surface area (Å²) in [7, 11) is -9.90. The lowest BCUT2D eigenvalue weighted by Crippen LogP contribution is -2.30. The molecular formula is C71H138O17P2. The Morgan fingerprint density at radius 1 is 0.322 bits per heavy atom. The van der Waals surface area contributed by atoms with Crippen LogP contribution in [-0.2, 0) is 65.4 Å². The Hall–Kier alpha value is -1.94. The van der Waals surface area contributed by atoms with Gasteiger partial charge in [0, 0.05) is 25.7 Å². The smallest absolute Gasteiger partial charge is 0.462 e. The molecule has 0 amide bonds. The Balaban J connectivity index is 5.26. The first-order valence-electron chi connectivity index (χ1n) is 37.0. The molecule has 17 nitrogen and oxygen atoms in total. The molecule has 0 aliphatic carbocycles. The van der Waals surface area contributed by atoms with Gasteiger partial charge in [0.1, 0.15) is 19.3 Å². The molecule has 0 radical (unpaired) electrons. The minimum Gasteiger partial charge on any atom is -0.462 e. The van der Waals surface area contributed by atoms with Gasteiger partial charge in [0.25, 0.3) is 0 Å². The molecule has 0 bridgehead atoms. The lowest BCUT2D eigenvalue weighted by atomic mass is 9.99. The quantitative estimate of drug-likeness (QED) is 0.0222. The van der Waals surface area contributed by atoms with E-state index in [1.807, 2.05) is 0 Å². The largest absolute Gasteiger partial charge is 0.472 e. The van der Waals surface area contributed by atoms with Gasteiger partial charge in [0.2, 0.25) is 0 Å². The van der Waals surface area contributed by atoms with Gasteiger partial charge in [0.15, 0.2) is 12.2 Å². The Kier molecular flexibility index (Phi) is 61.8. The molecule has 534 valence electrons. The predicted octanol–water partition coefficient (Wildman–Crippen LogP) is 20.4. The van der Waals surface area contributed by atoms with E-state index in [0.29, 0.717) is 25.7 Å². The monoisotopic (exact) mass is 1320 g/mol. The zero-order valence-electron chi connectivity index (χ0n) is 58.4. The number of aliphatic hydroxyl groups excluding tert-OH is 1. The number of hydrogen-bond donors (Lipinski definition) is 3. The minimum atomic E-state index is -4.95. The maximum absolute atomic E-state index is 13.0. The first kappa shape index (κ1) is 88.1. The maximum atomic E-state index is 13.0. The maximum Gasteiger partial charge on any atom is 0.472 e. The number of esters is 4. The van der Waals surface area contributed by atoms with Crippen LogP contribution in [-0.4, -0.2) is 96.7 Å². The standard InChI is InChI=1S/C71H138O17P2/c1-7-10-12-14-16-18-20-21-25-29-36-42-48-54-69(74)82-59-66(87-70(75)55-49-43-37-30-26-23-22-24-27-33-39-45-51-63(4)5)61-85-89(77,78)83-57-65(72)58-84-90(79,80)86-62-67(60-81-68(73)53-47-41-35-28-19-17-15-13-11-8-2)88-71(76)56-50-44-38-32-31-34-40-46-52-64(6)9-3/h63-67,72H,7-62H2,1-6H3,(H,77,78)(H,79,80)/t64?,65-,66-,67-/m1/s1. The molecule has 0 aromatic carbocycles. The van der Waals surface area contributed by atoms with E-state index in [2.05, 4.69) is 41.5 Å². The zero-order chi connectivity index (χ0) is 66.5. The topological polar surface area (TPSA) is 237 Å². The Morgan fingerprint density at radius 3 is 0.844 bits per heavy atom. The van der Waals surface area contributed by atoms with Gasteiger partial charge < -0.3 is 33.8 Å². The van der Waals surface area contributed by atoms with Crippen molar-refractivity contribution < 1.29 is 80.2 Å². The highest BCUT2D eigenvalue weighted by Crippen LogP contribution is 2.45. The van der Waals surface area contributed by atoms with E-state index in [1.54, 1.807) is 0 Å². The highest BCUT2D eigenvalue weighted by atomic mass is 31.2. The van der Waals surface area contributed by atoms with Crippen molar-refractivity contribution in [3.8, 4) is 0 Å². The van der Waals surface area contributed by atoms with Crippen molar-refractivity contribution in [3.63, 3.8) is 0 Å². The number of rotatable bonds is 70. The second-order valence-corrected chi connectivity index (χ2v) is 29.3. The number of phosphoric ester groups is 2. The molecule has 3 N–H and O–H groups in total. The first-order valence-corrected chi connectivity index (χ1v) is 40.0. The normalized spacial score (nSPS) is 14.4. The van der Waals surface area contributed by atoms with Crippen molar-refractivity contribution in [2.24, 2.45) is 11.8 Å². The van der Waals surface area contributed by atoms with E-state index in [9.17, 15) is 43.2 Å². The molecule has 0 fully saturated rings. The summed E-state index contributed by atoms with van der Waals surface area (Å²) in [5, 5.41) is 10.6. The van der Waals surface area contributed by atoms with Crippen molar-refractivity contribution in [2.45, 2.75) is 381 Å². The van der Waals surface area contributed by atoms with Crippen LogP contribution >= 0.6 is 15.6 Å². The first-order chi connectivity index (χ1) is 43.4. The van der Waals surface area contributed by atoms with Crippen LogP contribution in [0.25, 0.3) is 0 Å². The van der Waals surface area contributed by atoms with Crippen LogP contribution in [0.3, 0.4) is 0 Å². The van der Waals surface area contributed by atoms with Gasteiger partial charge >= 0.3 is 39.5 Å². The molecule has 0 saturated carbocycles. The second-order valence-electron chi connectivity index (χ2n) is 26.3. The van der Waals surface area contributed by atoms with Gasteiger partial charge in [-0.1, -0.05) is 311 Å². The van der Waals surface area contributed by atoms with Gasteiger partial charge in [-0.25, -0.2) is 9.13 Å². The number of carbonyl (C=O) groups excluding carboxylic acids is 4. The van der Waals surface area contributed by atoms with E-state index >= 15 is 0 Å².